The van der Waals surface area contributed by atoms with Crippen molar-refractivity contribution in [1.82, 2.24) is 15.0 Å². The van der Waals surface area contributed by atoms with Crippen LogP contribution >= 0.6 is 15.9 Å². The van der Waals surface area contributed by atoms with E-state index in [1.807, 2.05) is 18.2 Å². The largest absolute Gasteiger partial charge is 0.337 e. The fraction of sp³-hybridized carbons (Fsp3) is 0.211. The van der Waals surface area contributed by atoms with Crippen LogP contribution in [-0.2, 0) is 0 Å². The van der Waals surface area contributed by atoms with Crippen molar-refractivity contribution >= 4 is 27.6 Å². The zero-order valence-electron chi connectivity index (χ0n) is 14.5. The fourth-order valence-electron chi connectivity index (χ4n) is 3.17. The lowest BCUT2D eigenvalue weighted by Gasteiger charge is -2.22. The molecular weight excluding hydrogens is 434 g/mol. The maximum atomic E-state index is 14.0. The Labute approximate surface area is 167 Å². The van der Waals surface area contributed by atoms with Crippen LogP contribution in [0.3, 0.4) is 0 Å². The number of carbonyl (C=O) groups excluding carboxylic acids is 1. The number of nitrogens with one attached hydrogen (secondary N) is 1. The number of para-hydroxylation sites is 1. The van der Waals surface area contributed by atoms with Crippen molar-refractivity contribution in [2.24, 2.45) is 0 Å². The lowest BCUT2D eigenvalue weighted by Crippen LogP contribution is -2.34. The van der Waals surface area contributed by atoms with E-state index >= 15 is 0 Å². The topological polar surface area (TPSA) is 71.3 Å². The molecule has 2 amide bonds. The SMILES string of the molecule is O=C(Nc1ccccc1Br)N1CCC[C@@H]1c1nc(-c2ccc(F)cc2F)no1. The third-order valence-corrected chi connectivity index (χ3v) is 5.22. The minimum atomic E-state index is -0.776. The van der Waals surface area contributed by atoms with E-state index in [-0.39, 0.29) is 23.3 Å². The predicted octanol–water partition coefficient (Wildman–Crippen LogP) is 5.15. The molecular formula is C19H15BrF2N4O2. The smallest absolute Gasteiger partial charge is 0.322 e. The second-order valence-corrected chi connectivity index (χ2v) is 7.20. The van der Waals surface area contributed by atoms with Crippen LogP contribution in [0.4, 0.5) is 19.3 Å². The molecule has 2 aromatic carbocycles. The highest BCUT2D eigenvalue weighted by molar-refractivity contribution is 9.10. The monoisotopic (exact) mass is 448 g/mol. The van der Waals surface area contributed by atoms with Crippen LogP contribution < -0.4 is 5.32 Å². The molecule has 1 aliphatic rings. The minimum absolute atomic E-state index is 0.0190. The summed E-state index contributed by atoms with van der Waals surface area (Å²) < 4.78 is 33.1. The molecule has 1 saturated heterocycles. The van der Waals surface area contributed by atoms with Gasteiger partial charge in [-0.05, 0) is 53.0 Å². The Morgan fingerprint density at radius 2 is 2.07 bits per heavy atom. The standard InChI is InChI=1S/C19H15BrF2N4O2/c20-13-4-1-2-5-15(13)23-19(27)26-9-3-6-16(26)18-24-17(25-28-18)12-8-7-11(21)10-14(12)22/h1-2,4-5,7-8,10,16H,3,6,9H2,(H,23,27)/t16-/m1/s1. The predicted molar refractivity (Wildman–Crippen MR) is 101 cm³/mol. The van der Waals surface area contributed by atoms with Gasteiger partial charge in [0.2, 0.25) is 11.7 Å². The van der Waals surface area contributed by atoms with Crippen LogP contribution in [0.25, 0.3) is 11.4 Å². The van der Waals surface area contributed by atoms with Gasteiger partial charge in [0.25, 0.3) is 0 Å². The van der Waals surface area contributed by atoms with Gasteiger partial charge in [0.15, 0.2) is 0 Å². The molecule has 0 aliphatic carbocycles. The highest BCUT2D eigenvalue weighted by atomic mass is 79.9. The molecule has 1 aromatic heterocycles. The number of halogens is 3. The maximum Gasteiger partial charge on any atom is 0.322 e. The highest BCUT2D eigenvalue weighted by Crippen LogP contribution is 2.33. The Hall–Kier alpha value is -2.81. The average molecular weight is 449 g/mol. The molecule has 0 radical (unpaired) electrons. The van der Waals surface area contributed by atoms with Gasteiger partial charge in [-0.3, -0.25) is 0 Å². The van der Waals surface area contributed by atoms with Gasteiger partial charge >= 0.3 is 6.03 Å². The third kappa shape index (κ3) is 3.62. The van der Waals surface area contributed by atoms with Gasteiger partial charge in [-0.25, -0.2) is 13.6 Å². The zero-order chi connectivity index (χ0) is 19.7. The first-order chi connectivity index (χ1) is 13.5. The van der Waals surface area contributed by atoms with Gasteiger partial charge in [0, 0.05) is 17.1 Å². The first-order valence-corrected chi connectivity index (χ1v) is 9.43. The molecule has 1 N–H and O–H groups in total. The van der Waals surface area contributed by atoms with E-state index in [4.69, 9.17) is 4.52 Å². The molecule has 144 valence electrons. The summed E-state index contributed by atoms with van der Waals surface area (Å²) in [5, 5.41) is 6.65. The van der Waals surface area contributed by atoms with Crippen LogP contribution in [0.5, 0.6) is 0 Å². The van der Waals surface area contributed by atoms with E-state index in [9.17, 15) is 13.6 Å². The van der Waals surface area contributed by atoms with Crippen molar-refractivity contribution in [2.75, 3.05) is 11.9 Å². The summed E-state index contributed by atoms with van der Waals surface area (Å²) in [6.07, 6.45) is 1.42. The number of likely N-dealkylation sites (tertiary alicyclic amines) is 1. The highest BCUT2D eigenvalue weighted by Gasteiger charge is 2.34. The van der Waals surface area contributed by atoms with Gasteiger partial charge in [0.05, 0.1) is 11.3 Å². The van der Waals surface area contributed by atoms with E-state index in [0.29, 0.717) is 18.7 Å². The molecule has 1 aliphatic heterocycles. The molecule has 3 aromatic rings. The summed E-state index contributed by atoms with van der Waals surface area (Å²) in [6, 6.07) is 9.74. The Kier molecular flexibility index (Phi) is 5.08. The van der Waals surface area contributed by atoms with E-state index in [1.54, 1.807) is 11.0 Å². The maximum absolute atomic E-state index is 14.0. The number of rotatable bonds is 3. The molecule has 0 saturated carbocycles. The van der Waals surface area contributed by atoms with Crippen molar-refractivity contribution in [3.8, 4) is 11.4 Å². The van der Waals surface area contributed by atoms with E-state index < -0.39 is 17.7 Å². The van der Waals surface area contributed by atoms with Crippen LogP contribution in [0.2, 0.25) is 0 Å². The first-order valence-electron chi connectivity index (χ1n) is 8.64. The number of nitrogens with zero attached hydrogens (tertiary/aromatic N) is 3. The average Bonchev–Trinajstić information content (AvgIpc) is 3.32. The quantitative estimate of drug-likeness (QED) is 0.601. The zero-order valence-corrected chi connectivity index (χ0v) is 16.1. The molecule has 1 atom stereocenters. The van der Waals surface area contributed by atoms with Gasteiger partial charge in [-0.1, -0.05) is 17.3 Å². The summed E-state index contributed by atoms with van der Waals surface area (Å²) in [5.41, 5.74) is 0.691. The second-order valence-electron chi connectivity index (χ2n) is 6.34. The molecule has 9 heteroatoms. The summed E-state index contributed by atoms with van der Waals surface area (Å²) in [4.78, 5) is 18.6. The van der Waals surface area contributed by atoms with Gasteiger partial charge in [-0.2, -0.15) is 4.98 Å². The molecule has 4 rings (SSSR count). The normalized spacial score (nSPS) is 16.4. The summed E-state index contributed by atoms with van der Waals surface area (Å²) in [6.45, 7) is 0.531. The number of hydrogen-bond acceptors (Lipinski definition) is 4. The second kappa shape index (κ2) is 7.67. The Balaban J connectivity index is 1.55. The van der Waals surface area contributed by atoms with E-state index in [1.165, 1.54) is 6.07 Å². The van der Waals surface area contributed by atoms with E-state index in [2.05, 4.69) is 31.4 Å². The first kappa shape index (κ1) is 18.5. The van der Waals surface area contributed by atoms with Crippen LogP contribution in [0, 0.1) is 11.6 Å². The molecule has 6 nitrogen and oxygen atoms in total. The molecule has 0 unspecified atom stereocenters. The van der Waals surface area contributed by atoms with Crippen molar-refractivity contribution < 1.29 is 18.1 Å². The van der Waals surface area contributed by atoms with Crippen molar-refractivity contribution in [1.29, 1.82) is 0 Å². The van der Waals surface area contributed by atoms with Gasteiger partial charge < -0.3 is 14.7 Å². The van der Waals surface area contributed by atoms with Crippen LogP contribution in [0.1, 0.15) is 24.8 Å². The number of anilines is 1. The number of urea groups is 1. The lowest BCUT2D eigenvalue weighted by molar-refractivity contribution is 0.193. The number of benzene rings is 2. The Morgan fingerprint density at radius 3 is 2.86 bits per heavy atom. The minimum Gasteiger partial charge on any atom is -0.337 e. The van der Waals surface area contributed by atoms with Crippen molar-refractivity contribution in [3.05, 3.63) is 64.5 Å². The number of hydrogen-bond donors (Lipinski definition) is 1. The molecule has 0 bridgehead atoms. The fourth-order valence-corrected chi connectivity index (χ4v) is 3.55. The van der Waals surface area contributed by atoms with Crippen molar-refractivity contribution in [3.63, 3.8) is 0 Å². The summed E-state index contributed by atoms with van der Waals surface area (Å²) in [7, 11) is 0. The van der Waals surface area contributed by atoms with Gasteiger partial charge in [-0.15, -0.1) is 0 Å². The molecule has 1 fully saturated rings. The Morgan fingerprint density at radius 1 is 1.25 bits per heavy atom. The number of carbonyl (C=O) groups is 1. The summed E-state index contributed by atoms with van der Waals surface area (Å²) in [5.74, 6) is -1.22. The lowest BCUT2D eigenvalue weighted by atomic mass is 10.2. The van der Waals surface area contributed by atoms with Crippen LogP contribution in [0.15, 0.2) is 51.5 Å². The van der Waals surface area contributed by atoms with Crippen LogP contribution in [-0.4, -0.2) is 27.6 Å². The summed E-state index contributed by atoms with van der Waals surface area (Å²) >= 11 is 3.40. The Bertz CT molecular complexity index is 1030. The number of aromatic nitrogens is 2. The third-order valence-electron chi connectivity index (χ3n) is 4.53. The molecule has 0 spiro atoms. The van der Waals surface area contributed by atoms with Gasteiger partial charge in [0.1, 0.15) is 17.7 Å². The van der Waals surface area contributed by atoms with Crippen molar-refractivity contribution in [2.45, 2.75) is 18.9 Å². The molecule has 2 heterocycles. The van der Waals surface area contributed by atoms with E-state index in [0.717, 1.165) is 23.0 Å². The molecule has 28 heavy (non-hydrogen) atoms. The number of amides is 2.